The Balaban J connectivity index is 0.829. The molecule has 10 aromatic rings. The maximum atomic E-state index is 2.74. The van der Waals surface area contributed by atoms with Gasteiger partial charge in [-0.2, -0.15) is 0 Å². The predicted molar refractivity (Wildman–Crippen MR) is 528 cm³/mol. The molecule has 11 atom stereocenters. The van der Waals surface area contributed by atoms with Crippen LogP contribution in [0.25, 0.3) is 100 Å². The molecular weight excluding hydrogens is 1450 g/mol. The molecule has 0 heteroatoms. The molecule has 15 rings (SSSR count). The summed E-state index contributed by atoms with van der Waals surface area (Å²) < 4.78 is 0. The van der Waals surface area contributed by atoms with E-state index in [9.17, 15) is 0 Å². The molecule has 0 aromatic heterocycles. The van der Waals surface area contributed by atoms with Crippen LogP contribution >= 0.6 is 0 Å². The number of hydrogen-bond acceptors (Lipinski definition) is 0. The van der Waals surface area contributed by atoms with Gasteiger partial charge in [-0.1, -0.05) is 380 Å². The molecule has 0 N–H and O–H groups in total. The van der Waals surface area contributed by atoms with E-state index in [1.165, 1.54) is 202 Å². The van der Waals surface area contributed by atoms with E-state index in [-0.39, 0.29) is 27.1 Å². The van der Waals surface area contributed by atoms with Crippen molar-refractivity contribution in [3.63, 3.8) is 0 Å². The third kappa shape index (κ3) is 16.0. The Labute approximate surface area is 736 Å². The van der Waals surface area contributed by atoms with Gasteiger partial charge in [0.05, 0.1) is 0 Å². The molecule has 5 aliphatic rings. The summed E-state index contributed by atoms with van der Waals surface area (Å²) in [6, 6.07) is 79.5. The van der Waals surface area contributed by atoms with E-state index < -0.39 is 0 Å². The zero-order valence-electron chi connectivity index (χ0n) is 79.3. The highest BCUT2D eigenvalue weighted by Gasteiger charge is 2.52. The van der Waals surface area contributed by atoms with Crippen LogP contribution in [0.5, 0.6) is 0 Å². The van der Waals surface area contributed by atoms with Crippen molar-refractivity contribution in [3.8, 4) is 100 Å². The molecule has 0 aliphatic heterocycles. The van der Waals surface area contributed by atoms with Crippen LogP contribution in [0.15, 0.2) is 188 Å². The van der Waals surface area contributed by atoms with Crippen molar-refractivity contribution in [2.24, 2.45) is 59.2 Å². The molecule has 0 nitrogen and oxygen atoms in total. The average Bonchev–Trinajstić information content (AvgIpc) is 1.55. The molecule has 0 bridgehead atoms. The van der Waals surface area contributed by atoms with Gasteiger partial charge in [-0.15, -0.1) is 0 Å². The van der Waals surface area contributed by atoms with Gasteiger partial charge in [0, 0.05) is 27.1 Å². The standard InChI is InChI=1S/C121H154/c1-22-33-37-87(21)76-121(77-88(32-11)38-34-23-2)108-59-86(20)41-50-98(108)100-52-43-96(67-116(100)121)95-49-58-106-105-57-48-94(65-114(105)120(115(106)66-95,74-84(18)30-9)75-85(19)31-10)93-47-56-104-103-55-46-92(63-112(103)119(113(104)64-93,72-82(16)28-7)73-83(17)29-8)91-45-54-102-101-53-44-90(61-110(101)118(111(102)62-91,70-80(14)26-5)71-81(15)27-6)89-42-51-99-97-39-35-36-40-107(97)117(109(99)60-89,68-78(12)24-3)69-79(13)25-4/h35-36,39-67,78-85,87-88H,22-34,37-38,68-77H2,1-21H3. The van der Waals surface area contributed by atoms with Crippen molar-refractivity contribution in [2.75, 3.05) is 0 Å². The molecule has 11 unspecified atom stereocenters. The van der Waals surface area contributed by atoms with Crippen molar-refractivity contribution in [2.45, 2.75) is 333 Å². The highest BCUT2D eigenvalue weighted by atomic mass is 14.5. The molecule has 0 amide bonds. The fourth-order valence-corrected chi connectivity index (χ4v) is 25.2. The fraction of sp³-hybridized carbons (Fsp3) is 0.504. The number of rotatable bonds is 39. The van der Waals surface area contributed by atoms with Crippen LogP contribution in [0.1, 0.15) is 360 Å². The Hall–Kier alpha value is -7.80. The van der Waals surface area contributed by atoms with Crippen LogP contribution in [0.4, 0.5) is 0 Å². The maximum absolute atomic E-state index is 2.74. The van der Waals surface area contributed by atoms with Crippen LogP contribution in [0.2, 0.25) is 0 Å². The summed E-state index contributed by atoms with van der Waals surface area (Å²) in [5.74, 6) is 5.86. The second-order valence-electron chi connectivity index (χ2n) is 41.9. The quantitative estimate of drug-likeness (QED) is 0.0360. The van der Waals surface area contributed by atoms with E-state index in [1.54, 1.807) is 55.6 Å². The molecule has 0 saturated heterocycles. The second kappa shape index (κ2) is 36.4. The van der Waals surface area contributed by atoms with Crippen LogP contribution in [-0.2, 0) is 27.1 Å². The summed E-state index contributed by atoms with van der Waals surface area (Å²) in [7, 11) is 0. The zero-order valence-corrected chi connectivity index (χ0v) is 79.3. The smallest absolute Gasteiger partial charge is 0.0220 e. The number of benzene rings is 10. The van der Waals surface area contributed by atoms with Gasteiger partial charge in [-0.3, -0.25) is 0 Å². The highest BCUT2D eigenvalue weighted by Crippen LogP contribution is 2.64. The molecule has 0 fully saturated rings. The van der Waals surface area contributed by atoms with Crippen molar-refractivity contribution < 1.29 is 0 Å². The van der Waals surface area contributed by atoms with E-state index in [2.05, 4.69) is 333 Å². The molecule has 0 spiro atoms. The lowest BCUT2D eigenvalue weighted by Gasteiger charge is -2.38. The zero-order chi connectivity index (χ0) is 85.6. The first-order valence-corrected chi connectivity index (χ1v) is 49.8. The maximum Gasteiger partial charge on any atom is 0.0220 e. The van der Waals surface area contributed by atoms with E-state index in [1.807, 2.05) is 0 Å². The molecule has 0 heterocycles. The summed E-state index contributed by atoms with van der Waals surface area (Å²) in [5.41, 5.74) is 42.1. The summed E-state index contributed by atoms with van der Waals surface area (Å²) in [6.45, 7) is 52.0. The van der Waals surface area contributed by atoms with Gasteiger partial charge in [0.1, 0.15) is 0 Å². The van der Waals surface area contributed by atoms with Gasteiger partial charge < -0.3 is 0 Å². The Morgan fingerprint density at radius 2 is 0.405 bits per heavy atom. The van der Waals surface area contributed by atoms with Crippen molar-refractivity contribution in [1.82, 2.24) is 0 Å². The summed E-state index contributed by atoms with van der Waals surface area (Å²) in [6.07, 6.45) is 30.0. The Bertz CT molecular complexity index is 5260. The fourth-order valence-electron chi connectivity index (χ4n) is 25.2. The van der Waals surface area contributed by atoms with E-state index in [0.717, 1.165) is 64.2 Å². The minimum atomic E-state index is -0.163. The van der Waals surface area contributed by atoms with Gasteiger partial charge in [0.2, 0.25) is 0 Å². The van der Waals surface area contributed by atoms with E-state index in [0.29, 0.717) is 59.2 Å². The van der Waals surface area contributed by atoms with E-state index >= 15 is 0 Å². The summed E-state index contributed by atoms with van der Waals surface area (Å²) in [4.78, 5) is 0. The molecule has 5 aliphatic carbocycles. The molecule has 0 saturated carbocycles. The van der Waals surface area contributed by atoms with Crippen molar-refractivity contribution >= 4 is 0 Å². The summed E-state index contributed by atoms with van der Waals surface area (Å²) >= 11 is 0. The molecule has 638 valence electrons. The van der Waals surface area contributed by atoms with Crippen LogP contribution < -0.4 is 0 Å². The normalized spacial score (nSPS) is 21.8. The SMILES string of the molecule is CCCCC(C)CC1(CC(CC)CCCC)c2cc(C)ccc2-c2ccc(-c3ccc4c(c3)C(CC(C)CC)(CC(C)CC)c3cc(-c5ccc6c(c5)C(CC(C)CC)(CC(C)CC)c5cc(-c7ccc8c(c7)C(CC(C)CC)(CC(C)CC)c7cc(-c9ccc%10c(c9)C(CC(C)CC)(CC(C)CC)c9ccccc9-%10)ccc7-8)ccc5-6)ccc3-4)cc21. The lowest BCUT2D eigenvalue weighted by atomic mass is 9.65. The second-order valence-corrected chi connectivity index (χ2v) is 41.9. The van der Waals surface area contributed by atoms with Crippen molar-refractivity contribution in [1.29, 1.82) is 0 Å². The Morgan fingerprint density at radius 3 is 0.653 bits per heavy atom. The third-order valence-electron chi connectivity index (χ3n) is 33.3. The first kappa shape index (κ1) is 88.1. The minimum absolute atomic E-state index is 0.0107. The minimum Gasteiger partial charge on any atom is -0.0654 e. The third-order valence-corrected chi connectivity index (χ3v) is 33.3. The van der Waals surface area contributed by atoms with Crippen LogP contribution in [0, 0.1) is 66.1 Å². The predicted octanol–water partition coefficient (Wildman–Crippen LogP) is 36.3. The van der Waals surface area contributed by atoms with Gasteiger partial charge in [-0.05, 0) is 335 Å². The van der Waals surface area contributed by atoms with Gasteiger partial charge in [0.15, 0.2) is 0 Å². The number of hydrogen-bond donors (Lipinski definition) is 0. The highest BCUT2D eigenvalue weighted by molar-refractivity contribution is 5.93. The molecule has 0 radical (unpaired) electrons. The van der Waals surface area contributed by atoms with Crippen LogP contribution in [-0.4, -0.2) is 0 Å². The first-order valence-electron chi connectivity index (χ1n) is 49.8. The van der Waals surface area contributed by atoms with Gasteiger partial charge >= 0.3 is 0 Å². The molecular formula is C121H154. The Kier molecular flexibility index (Phi) is 26.5. The monoisotopic (exact) mass is 1610 g/mol. The number of fused-ring (bicyclic) bond motifs is 15. The Morgan fingerprint density at radius 1 is 0.198 bits per heavy atom. The molecule has 121 heavy (non-hydrogen) atoms. The topological polar surface area (TPSA) is 0 Å². The van der Waals surface area contributed by atoms with Gasteiger partial charge in [-0.25, -0.2) is 0 Å². The van der Waals surface area contributed by atoms with Crippen molar-refractivity contribution in [3.05, 3.63) is 249 Å². The van der Waals surface area contributed by atoms with E-state index in [4.69, 9.17) is 0 Å². The average molecular weight is 1610 g/mol. The molecule has 10 aromatic carbocycles. The lowest BCUT2D eigenvalue weighted by molar-refractivity contribution is 0.279. The van der Waals surface area contributed by atoms with Gasteiger partial charge in [0.25, 0.3) is 0 Å². The largest absolute Gasteiger partial charge is 0.0654 e. The van der Waals surface area contributed by atoms with Crippen LogP contribution in [0.3, 0.4) is 0 Å². The lowest BCUT2D eigenvalue weighted by Crippen LogP contribution is -2.31. The summed E-state index contributed by atoms with van der Waals surface area (Å²) in [5, 5.41) is 0. The first-order chi connectivity index (χ1) is 58.4. The number of aryl methyl sites for hydroxylation is 1. The number of unbranched alkanes of at least 4 members (excludes halogenated alkanes) is 2.